The van der Waals surface area contributed by atoms with Gasteiger partial charge in [-0.1, -0.05) is 6.07 Å². The van der Waals surface area contributed by atoms with Gasteiger partial charge in [0.05, 0.1) is 17.7 Å². The van der Waals surface area contributed by atoms with Gasteiger partial charge in [-0.25, -0.2) is 0 Å². The van der Waals surface area contributed by atoms with Gasteiger partial charge < -0.3 is 10.1 Å². The fourth-order valence-electron chi connectivity index (χ4n) is 1.49. The lowest BCUT2D eigenvalue weighted by Gasteiger charge is -2.09. The van der Waals surface area contributed by atoms with E-state index in [0.717, 1.165) is 6.29 Å². The predicted molar refractivity (Wildman–Crippen MR) is 70.7 cm³/mol. The molecule has 1 N–H and O–H groups in total. The van der Waals surface area contributed by atoms with Crippen LogP contribution in [0.4, 0.5) is 5.69 Å². The molecule has 5 heteroatoms. The third kappa shape index (κ3) is 2.57. The Morgan fingerprint density at radius 3 is 2.83 bits per heavy atom. The van der Waals surface area contributed by atoms with E-state index in [4.69, 9.17) is 4.74 Å². The standard InChI is InChI=1S/C13H11NO3S/c1-17-11-5-4-9(8-15)7-10(11)14-13(16)12-3-2-6-18-12/h2-8H,1H3,(H,14,16). The molecule has 0 radical (unpaired) electrons. The van der Waals surface area contributed by atoms with Gasteiger partial charge in [-0.3, -0.25) is 9.59 Å². The summed E-state index contributed by atoms with van der Waals surface area (Å²) in [5, 5.41) is 4.55. The number of methoxy groups -OCH3 is 1. The van der Waals surface area contributed by atoms with E-state index >= 15 is 0 Å². The van der Waals surface area contributed by atoms with Crippen LogP contribution in [0.25, 0.3) is 0 Å². The zero-order valence-electron chi connectivity index (χ0n) is 9.67. The van der Waals surface area contributed by atoms with Gasteiger partial charge in [0.15, 0.2) is 0 Å². The molecule has 1 heterocycles. The SMILES string of the molecule is COc1ccc(C=O)cc1NC(=O)c1cccs1. The molecule has 1 aromatic carbocycles. The topological polar surface area (TPSA) is 55.4 Å². The van der Waals surface area contributed by atoms with E-state index in [1.54, 1.807) is 30.3 Å². The molecule has 1 aromatic heterocycles. The van der Waals surface area contributed by atoms with Crippen LogP contribution in [0, 0.1) is 0 Å². The van der Waals surface area contributed by atoms with Gasteiger partial charge in [-0.15, -0.1) is 11.3 Å². The third-order valence-corrected chi connectivity index (χ3v) is 3.22. The van der Waals surface area contributed by atoms with Crippen molar-refractivity contribution in [3.05, 3.63) is 46.2 Å². The molecule has 92 valence electrons. The predicted octanol–water partition coefficient (Wildman–Crippen LogP) is 2.82. The quantitative estimate of drug-likeness (QED) is 0.861. The lowest BCUT2D eigenvalue weighted by molar-refractivity contribution is 0.102. The van der Waals surface area contributed by atoms with E-state index < -0.39 is 0 Å². The molecule has 0 aliphatic carbocycles. The minimum absolute atomic E-state index is 0.216. The summed E-state index contributed by atoms with van der Waals surface area (Å²) in [6, 6.07) is 8.40. The second-order valence-corrected chi connectivity index (χ2v) is 4.46. The van der Waals surface area contributed by atoms with Crippen molar-refractivity contribution in [1.82, 2.24) is 0 Å². The Labute approximate surface area is 108 Å². The summed E-state index contributed by atoms with van der Waals surface area (Å²) in [6.45, 7) is 0. The maximum Gasteiger partial charge on any atom is 0.265 e. The molecule has 0 atom stereocenters. The van der Waals surface area contributed by atoms with Gasteiger partial charge in [-0.05, 0) is 29.6 Å². The number of carbonyl (C=O) groups excluding carboxylic acids is 2. The number of hydrogen-bond donors (Lipinski definition) is 1. The maximum absolute atomic E-state index is 11.9. The zero-order valence-corrected chi connectivity index (χ0v) is 10.5. The number of ether oxygens (including phenoxy) is 1. The van der Waals surface area contributed by atoms with E-state index in [1.165, 1.54) is 18.4 Å². The largest absolute Gasteiger partial charge is 0.495 e. The molecule has 2 rings (SSSR count). The van der Waals surface area contributed by atoms with Crippen molar-refractivity contribution < 1.29 is 14.3 Å². The van der Waals surface area contributed by atoms with Crippen LogP contribution in [0.3, 0.4) is 0 Å². The first-order chi connectivity index (χ1) is 8.74. The first kappa shape index (κ1) is 12.3. The first-order valence-electron chi connectivity index (χ1n) is 5.22. The highest BCUT2D eigenvalue weighted by Crippen LogP contribution is 2.26. The Hall–Kier alpha value is -2.14. The number of amides is 1. The van der Waals surface area contributed by atoms with Crippen LogP contribution in [0.5, 0.6) is 5.75 Å². The van der Waals surface area contributed by atoms with Crippen LogP contribution in [0.1, 0.15) is 20.0 Å². The molecule has 2 aromatic rings. The van der Waals surface area contributed by atoms with E-state index in [-0.39, 0.29) is 5.91 Å². The molecular weight excluding hydrogens is 250 g/mol. The third-order valence-electron chi connectivity index (χ3n) is 2.35. The van der Waals surface area contributed by atoms with Crippen molar-refractivity contribution in [1.29, 1.82) is 0 Å². The minimum atomic E-state index is -0.216. The molecule has 18 heavy (non-hydrogen) atoms. The maximum atomic E-state index is 11.9. The molecule has 0 spiro atoms. The van der Waals surface area contributed by atoms with Crippen LogP contribution in [0.2, 0.25) is 0 Å². The molecule has 0 fully saturated rings. The summed E-state index contributed by atoms with van der Waals surface area (Å²) in [5.41, 5.74) is 0.970. The zero-order chi connectivity index (χ0) is 13.0. The Kier molecular flexibility index (Phi) is 3.74. The van der Waals surface area contributed by atoms with Crippen LogP contribution in [0.15, 0.2) is 35.7 Å². The van der Waals surface area contributed by atoms with E-state index in [0.29, 0.717) is 21.9 Å². The molecule has 0 saturated carbocycles. The average molecular weight is 261 g/mol. The average Bonchev–Trinajstić information content (AvgIpc) is 2.92. The van der Waals surface area contributed by atoms with Crippen LogP contribution in [-0.4, -0.2) is 19.3 Å². The highest BCUT2D eigenvalue weighted by Gasteiger charge is 2.11. The van der Waals surface area contributed by atoms with Crippen molar-refractivity contribution in [2.75, 3.05) is 12.4 Å². The summed E-state index contributed by atoms with van der Waals surface area (Å²) in [4.78, 5) is 23.2. The Bertz CT molecular complexity index is 564. The number of benzene rings is 1. The van der Waals surface area contributed by atoms with E-state index in [2.05, 4.69) is 5.32 Å². The summed E-state index contributed by atoms with van der Waals surface area (Å²) in [7, 11) is 1.51. The van der Waals surface area contributed by atoms with Gasteiger partial charge >= 0.3 is 0 Å². The highest BCUT2D eigenvalue weighted by molar-refractivity contribution is 7.12. The second-order valence-electron chi connectivity index (χ2n) is 3.51. The van der Waals surface area contributed by atoms with E-state index in [1.807, 2.05) is 5.38 Å². The molecule has 0 saturated heterocycles. The monoisotopic (exact) mass is 261 g/mol. The number of aldehydes is 1. The fourth-order valence-corrected chi connectivity index (χ4v) is 2.11. The highest BCUT2D eigenvalue weighted by atomic mass is 32.1. The van der Waals surface area contributed by atoms with Crippen molar-refractivity contribution in [3.63, 3.8) is 0 Å². The van der Waals surface area contributed by atoms with E-state index in [9.17, 15) is 9.59 Å². The number of anilines is 1. The van der Waals surface area contributed by atoms with Gasteiger partial charge in [0, 0.05) is 5.56 Å². The van der Waals surface area contributed by atoms with Crippen molar-refractivity contribution in [2.45, 2.75) is 0 Å². The summed E-state index contributed by atoms with van der Waals surface area (Å²) < 4.78 is 5.14. The van der Waals surface area contributed by atoms with Gasteiger partial charge in [0.1, 0.15) is 12.0 Å². The van der Waals surface area contributed by atoms with Gasteiger partial charge in [0.2, 0.25) is 0 Å². The Balaban J connectivity index is 2.27. The Morgan fingerprint density at radius 2 is 2.22 bits per heavy atom. The molecule has 0 unspecified atom stereocenters. The summed E-state index contributed by atoms with van der Waals surface area (Å²) in [5.74, 6) is 0.303. The van der Waals surface area contributed by atoms with Crippen LogP contribution < -0.4 is 10.1 Å². The van der Waals surface area contributed by atoms with Crippen molar-refractivity contribution in [3.8, 4) is 5.75 Å². The lowest BCUT2D eigenvalue weighted by atomic mass is 10.2. The van der Waals surface area contributed by atoms with Gasteiger partial charge in [0.25, 0.3) is 5.91 Å². The number of thiophene rings is 1. The molecule has 4 nitrogen and oxygen atoms in total. The summed E-state index contributed by atoms with van der Waals surface area (Å²) in [6.07, 6.45) is 0.722. The normalized spacial score (nSPS) is 9.83. The second kappa shape index (κ2) is 5.46. The van der Waals surface area contributed by atoms with Gasteiger partial charge in [-0.2, -0.15) is 0 Å². The van der Waals surface area contributed by atoms with Crippen LogP contribution >= 0.6 is 11.3 Å². The molecule has 0 bridgehead atoms. The molecule has 1 amide bonds. The number of nitrogens with one attached hydrogen (secondary N) is 1. The Morgan fingerprint density at radius 1 is 1.39 bits per heavy atom. The first-order valence-corrected chi connectivity index (χ1v) is 6.10. The van der Waals surface area contributed by atoms with Crippen molar-refractivity contribution >= 4 is 29.2 Å². The van der Waals surface area contributed by atoms with Crippen LogP contribution in [-0.2, 0) is 0 Å². The van der Waals surface area contributed by atoms with Crippen molar-refractivity contribution in [2.24, 2.45) is 0 Å². The number of hydrogen-bond acceptors (Lipinski definition) is 4. The lowest BCUT2D eigenvalue weighted by Crippen LogP contribution is -2.11. The molecule has 0 aliphatic heterocycles. The number of rotatable bonds is 4. The number of carbonyl (C=O) groups is 2. The smallest absolute Gasteiger partial charge is 0.265 e. The minimum Gasteiger partial charge on any atom is -0.495 e. The molecule has 0 aliphatic rings. The fraction of sp³-hybridized carbons (Fsp3) is 0.0769. The summed E-state index contributed by atoms with van der Waals surface area (Å²) >= 11 is 1.35. The molecular formula is C13H11NO3S.